The van der Waals surface area contributed by atoms with Crippen molar-refractivity contribution in [2.45, 2.75) is 18.1 Å². The summed E-state index contributed by atoms with van der Waals surface area (Å²) in [5, 5.41) is 10.2. The molecule has 0 fully saturated rings. The molecule has 1 rings (SSSR count). The van der Waals surface area contributed by atoms with Crippen molar-refractivity contribution in [2.75, 3.05) is 5.75 Å². The molecule has 2 atom stereocenters. The maximum atomic E-state index is 13.1. The van der Waals surface area contributed by atoms with Gasteiger partial charge >= 0.3 is 12.1 Å². The number of carboxylic acid groups (broad SMARTS) is 1. The number of rotatable bonds is 6. The largest absolute Gasteiger partial charge is 0.480 e. The number of nitrogens with one attached hydrogen (secondary N) is 1. The summed E-state index contributed by atoms with van der Waals surface area (Å²) in [6.07, 6.45) is -5.02. The van der Waals surface area contributed by atoms with Crippen LogP contribution in [0.2, 0.25) is 0 Å². The van der Waals surface area contributed by atoms with Gasteiger partial charge in [-0.05, 0) is 5.56 Å². The second kappa shape index (κ2) is 6.96. The smallest absolute Gasteiger partial charge is 0.404 e. The lowest BCUT2D eigenvalue weighted by Crippen LogP contribution is -2.49. The number of hydrogen-bond donors (Lipinski definition) is 3. The van der Waals surface area contributed by atoms with Gasteiger partial charge < -0.3 is 10.4 Å². The molecule has 0 saturated carbocycles. The fourth-order valence-electron chi connectivity index (χ4n) is 1.77. The lowest BCUT2D eigenvalue weighted by molar-refractivity contribution is -0.166. The number of hydrogen-bond acceptors (Lipinski definition) is 4. The van der Waals surface area contributed by atoms with Crippen LogP contribution in [-0.4, -0.2) is 47.9 Å². The van der Waals surface area contributed by atoms with E-state index in [1.165, 1.54) is 23.5 Å². The van der Waals surface area contributed by atoms with Gasteiger partial charge in [-0.15, -0.1) is 0 Å². The second-order valence-corrected chi connectivity index (χ2v) is 6.03. The third kappa shape index (κ3) is 5.87. The van der Waals surface area contributed by atoms with Crippen LogP contribution in [-0.2, 0) is 19.7 Å². The van der Waals surface area contributed by atoms with Crippen molar-refractivity contribution in [2.24, 2.45) is 0 Å². The van der Waals surface area contributed by atoms with Crippen molar-refractivity contribution in [3.63, 3.8) is 0 Å². The summed E-state index contributed by atoms with van der Waals surface area (Å²) in [6.45, 7) is 0. The molecule has 3 N–H and O–H groups in total. The molecule has 128 valence electrons. The van der Waals surface area contributed by atoms with Crippen LogP contribution in [0.1, 0.15) is 11.5 Å². The van der Waals surface area contributed by atoms with Gasteiger partial charge in [0, 0.05) is 0 Å². The molecule has 7 nitrogen and oxygen atoms in total. The number of benzene rings is 1. The quantitative estimate of drug-likeness (QED) is 0.649. The van der Waals surface area contributed by atoms with Crippen LogP contribution in [0.3, 0.4) is 0 Å². The van der Waals surface area contributed by atoms with Gasteiger partial charge in [0.1, 0.15) is 11.8 Å². The molecule has 0 aliphatic carbocycles. The van der Waals surface area contributed by atoms with Crippen LogP contribution < -0.4 is 5.32 Å². The highest BCUT2D eigenvalue weighted by atomic mass is 32.2. The van der Waals surface area contributed by atoms with E-state index in [0.29, 0.717) is 0 Å². The maximum absolute atomic E-state index is 13.1. The summed E-state index contributed by atoms with van der Waals surface area (Å²) in [7, 11) is -4.82. The van der Waals surface area contributed by atoms with Gasteiger partial charge in [-0.25, -0.2) is 4.79 Å². The summed E-state index contributed by atoms with van der Waals surface area (Å²) in [5.41, 5.74) is -0.437. The number of carbonyl (C=O) groups excluding carboxylic acids is 1. The molecule has 0 aliphatic heterocycles. The molecular formula is C12H12F3NO6S. The molecule has 0 bridgehead atoms. The van der Waals surface area contributed by atoms with Crippen LogP contribution in [0.25, 0.3) is 0 Å². The Kier molecular flexibility index (Phi) is 5.72. The predicted molar refractivity (Wildman–Crippen MR) is 71.2 cm³/mol. The van der Waals surface area contributed by atoms with Gasteiger partial charge in [-0.2, -0.15) is 21.6 Å². The minimum absolute atomic E-state index is 0.437. The average molecular weight is 355 g/mol. The van der Waals surface area contributed by atoms with E-state index >= 15 is 0 Å². The van der Waals surface area contributed by atoms with E-state index in [0.717, 1.165) is 12.1 Å². The fourth-order valence-corrected chi connectivity index (χ4v) is 2.42. The highest BCUT2D eigenvalue weighted by Gasteiger charge is 2.47. The molecule has 2 unspecified atom stereocenters. The van der Waals surface area contributed by atoms with Crippen LogP contribution in [0.4, 0.5) is 13.2 Å². The lowest BCUT2D eigenvalue weighted by atomic mass is 9.97. The minimum atomic E-state index is -5.02. The Labute approximate surface area is 128 Å². The van der Waals surface area contributed by atoms with Crippen molar-refractivity contribution in [1.82, 2.24) is 5.32 Å². The normalized spacial score (nSPS) is 14.8. The predicted octanol–water partition coefficient (Wildman–Crippen LogP) is 0.790. The Morgan fingerprint density at radius 1 is 1.17 bits per heavy atom. The molecule has 23 heavy (non-hydrogen) atoms. The number of halogens is 3. The molecule has 0 spiro atoms. The SMILES string of the molecule is O=C(O)C(CS(=O)(=O)O)NC(=O)C(c1ccccc1)C(F)(F)F. The van der Waals surface area contributed by atoms with Gasteiger partial charge in [0.15, 0.2) is 5.92 Å². The number of aliphatic carboxylic acids is 1. The Morgan fingerprint density at radius 2 is 1.70 bits per heavy atom. The Morgan fingerprint density at radius 3 is 2.09 bits per heavy atom. The summed E-state index contributed by atoms with van der Waals surface area (Å²) in [4.78, 5) is 22.7. The van der Waals surface area contributed by atoms with Gasteiger partial charge in [0.2, 0.25) is 5.91 Å². The van der Waals surface area contributed by atoms with Crippen molar-refractivity contribution in [3.8, 4) is 0 Å². The van der Waals surface area contributed by atoms with Crippen LogP contribution in [0.15, 0.2) is 30.3 Å². The molecule has 0 aliphatic rings. The van der Waals surface area contributed by atoms with Gasteiger partial charge in [-0.1, -0.05) is 30.3 Å². The van der Waals surface area contributed by atoms with Gasteiger partial charge in [-0.3, -0.25) is 9.35 Å². The summed E-state index contributed by atoms with van der Waals surface area (Å²) >= 11 is 0. The van der Waals surface area contributed by atoms with Gasteiger partial charge in [0.05, 0.1) is 0 Å². The summed E-state index contributed by atoms with van der Waals surface area (Å²) < 4.78 is 69.2. The first-order chi connectivity index (χ1) is 10.4. The van der Waals surface area contributed by atoms with Crippen LogP contribution >= 0.6 is 0 Å². The van der Waals surface area contributed by atoms with E-state index in [2.05, 4.69) is 0 Å². The first-order valence-corrected chi connectivity index (χ1v) is 7.62. The molecule has 11 heteroatoms. The molecule has 0 radical (unpaired) electrons. The van der Waals surface area contributed by atoms with Crippen molar-refractivity contribution < 1.29 is 40.8 Å². The standard InChI is InChI=1S/C12H12F3NO6S/c13-12(14,15)9(7-4-2-1-3-5-7)10(17)16-8(11(18)19)6-23(20,21)22/h1-5,8-9H,6H2,(H,16,17)(H,18,19)(H,20,21,22). The number of alkyl halides is 3. The third-order valence-corrected chi connectivity index (χ3v) is 3.47. The molecule has 0 heterocycles. The van der Waals surface area contributed by atoms with E-state index in [-0.39, 0.29) is 0 Å². The van der Waals surface area contributed by atoms with E-state index in [1.54, 1.807) is 0 Å². The maximum Gasteiger partial charge on any atom is 0.404 e. The Balaban J connectivity index is 3.08. The van der Waals surface area contributed by atoms with Gasteiger partial charge in [0.25, 0.3) is 10.1 Å². The lowest BCUT2D eigenvalue weighted by Gasteiger charge is -2.22. The van der Waals surface area contributed by atoms with E-state index in [9.17, 15) is 31.2 Å². The Bertz CT molecular complexity index is 674. The zero-order chi connectivity index (χ0) is 17.8. The average Bonchev–Trinajstić information content (AvgIpc) is 2.35. The first kappa shape index (κ1) is 18.9. The highest BCUT2D eigenvalue weighted by molar-refractivity contribution is 7.85. The minimum Gasteiger partial charge on any atom is -0.480 e. The van der Waals surface area contributed by atoms with E-state index < -0.39 is 51.4 Å². The highest BCUT2D eigenvalue weighted by Crippen LogP contribution is 2.35. The van der Waals surface area contributed by atoms with Crippen molar-refractivity contribution in [1.29, 1.82) is 0 Å². The zero-order valence-electron chi connectivity index (χ0n) is 11.3. The van der Waals surface area contributed by atoms with Crippen LogP contribution in [0, 0.1) is 0 Å². The third-order valence-electron chi connectivity index (χ3n) is 2.71. The summed E-state index contributed by atoms with van der Waals surface area (Å²) in [5.74, 6) is -7.76. The molecule has 0 saturated heterocycles. The molecule has 1 amide bonds. The van der Waals surface area contributed by atoms with Crippen LogP contribution in [0.5, 0.6) is 0 Å². The summed E-state index contributed by atoms with van der Waals surface area (Å²) in [6, 6.07) is 3.77. The number of amides is 1. The van der Waals surface area contributed by atoms with E-state index in [4.69, 9.17) is 9.66 Å². The first-order valence-electron chi connectivity index (χ1n) is 6.02. The fraction of sp³-hybridized carbons (Fsp3) is 0.333. The Hall–Kier alpha value is -2.14. The molecule has 1 aromatic rings. The zero-order valence-corrected chi connectivity index (χ0v) is 12.1. The van der Waals surface area contributed by atoms with Crippen molar-refractivity contribution in [3.05, 3.63) is 35.9 Å². The molecule has 0 aromatic heterocycles. The molecule has 1 aromatic carbocycles. The number of carbonyl (C=O) groups is 2. The monoisotopic (exact) mass is 355 g/mol. The topological polar surface area (TPSA) is 121 Å². The van der Waals surface area contributed by atoms with E-state index in [1.807, 2.05) is 0 Å². The van der Waals surface area contributed by atoms with Crippen molar-refractivity contribution >= 4 is 22.0 Å². The molecular weight excluding hydrogens is 343 g/mol. The second-order valence-electron chi connectivity index (χ2n) is 4.53. The number of carboxylic acids is 1.